The zero-order valence-electron chi connectivity index (χ0n) is 13.6. The topological polar surface area (TPSA) is 120 Å². The second kappa shape index (κ2) is 7.28. The van der Waals surface area contributed by atoms with Crippen molar-refractivity contribution in [1.82, 2.24) is 4.98 Å². The van der Waals surface area contributed by atoms with Crippen LogP contribution in [0, 0.1) is 6.92 Å². The Kier molecular flexibility index (Phi) is 5.33. The van der Waals surface area contributed by atoms with Crippen LogP contribution in [0.4, 0.5) is 11.4 Å². The number of benzene rings is 2. The van der Waals surface area contributed by atoms with Gasteiger partial charge < -0.3 is 20.6 Å². The number of carboxylic acids is 2. The number of carboxylic acid groups (broad SMARTS) is 2. The number of phenolic OH excluding ortho intramolecular Hbond substituents is 1. The molecule has 0 aliphatic rings. The molecule has 0 fully saturated rings. The van der Waals surface area contributed by atoms with Crippen LogP contribution in [-0.4, -0.2) is 32.2 Å². The second-order valence-electron chi connectivity index (χ2n) is 5.53. The predicted molar refractivity (Wildman–Crippen MR) is 99.0 cm³/mol. The Morgan fingerprint density at radius 2 is 1.77 bits per heavy atom. The van der Waals surface area contributed by atoms with Gasteiger partial charge in [-0.1, -0.05) is 6.07 Å². The molecule has 4 N–H and O–H groups in total. The summed E-state index contributed by atoms with van der Waals surface area (Å²) in [4.78, 5) is 26.9. The van der Waals surface area contributed by atoms with Crippen molar-refractivity contribution < 1.29 is 24.9 Å². The van der Waals surface area contributed by atoms with Gasteiger partial charge in [-0.25, -0.2) is 9.59 Å². The van der Waals surface area contributed by atoms with Gasteiger partial charge in [-0.15, -0.1) is 12.4 Å². The number of nitrogens with zero attached hydrogens (tertiary/aromatic N) is 1. The summed E-state index contributed by atoms with van der Waals surface area (Å²) in [7, 11) is 0. The molecule has 2 aromatic carbocycles. The van der Waals surface area contributed by atoms with E-state index in [-0.39, 0.29) is 35.0 Å². The summed E-state index contributed by atoms with van der Waals surface area (Å²) in [5, 5.41) is 31.9. The Hall–Kier alpha value is -3.32. The molecule has 0 radical (unpaired) electrons. The normalized spacial score (nSPS) is 10.2. The Bertz CT molecular complexity index is 1010. The van der Waals surface area contributed by atoms with Crippen LogP contribution < -0.4 is 5.32 Å². The number of nitrogens with one attached hydrogen (secondary N) is 1. The lowest BCUT2D eigenvalue weighted by molar-refractivity contribution is 0.0687. The minimum absolute atomic E-state index is 0. The number of halogens is 1. The molecule has 0 amide bonds. The molecule has 7 nitrogen and oxygen atoms in total. The van der Waals surface area contributed by atoms with Crippen LogP contribution in [0.15, 0.2) is 42.6 Å². The fraction of sp³-hybridized carbons (Fsp3) is 0.0556. The lowest BCUT2D eigenvalue weighted by atomic mass is 10.1. The summed E-state index contributed by atoms with van der Waals surface area (Å²) in [5.74, 6) is -2.40. The van der Waals surface area contributed by atoms with Gasteiger partial charge in [-0.2, -0.15) is 0 Å². The molecule has 8 heteroatoms. The van der Waals surface area contributed by atoms with Crippen molar-refractivity contribution in [2.45, 2.75) is 6.92 Å². The first-order chi connectivity index (χ1) is 11.9. The Morgan fingerprint density at radius 3 is 2.42 bits per heavy atom. The Morgan fingerprint density at radius 1 is 1.04 bits per heavy atom. The van der Waals surface area contributed by atoms with E-state index < -0.39 is 11.9 Å². The maximum absolute atomic E-state index is 11.6. The zero-order chi connectivity index (χ0) is 18.1. The molecule has 0 aliphatic carbocycles. The average Bonchev–Trinajstić information content (AvgIpc) is 2.57. The van der Waals surface area contributed by atoms with Crippen molar-refractivity contribution in [3.63, 3.8) is 0 Å². The van der Waals surface area contributed by atoms with Gasteiger partial charge in [0.15, 0.2) is 0 Å². The molecule has 1 heterocycles. The zero-order valence-corrected chi connectivity index (χ0v) is 14.4. The van der Waals surface area contributed by atoms with Crippen LogP contribution in [0.2, 0.25) is 0 Å². The number of aromatic carboxylic acids is 2. The van der Waals surface area contributed by atoms with Crippen molar-refractivity contribution in [3.8, 4) is 5.75 Å². The van der Waals surface area contributed by atoms with Crippen LogP contribution in [0.3, 0.4) is 0 Å². The van der Waals surface area contributed by atoms with Crippen molar-refractivity contribution in [3.05, 3.63) is 59.3 Å². The number of anilines is 2. The number of hydrogen-bond acceptors (Lipinski definition) is 5. The van der Waals surface area contributed by atoms with E-state index in [0.717, 1.165) is 5.56 Å². The number of aryl methyl sites for hydroxylation is 1. The van der Waals surface area contributed by atoms with Crippen molar-refractivity contribution in [2.24, 2.45) is 0 Å². The molecule has 0 spiro atoms. The highest BCUT2D eigenvalue weighted by molar-refractivity contribution is 6.07. The molecule has 0 saturated carbocycles. The van der Waals surface area contributed by atoms with Crippen LogP contribution in [-0.2, 0) is 0 Å². The molecule has 1 aromatic heterocycles. The van der Waals surface area contributed by atoms with Crippen molar-refractivity contribution >= 4 is 46.6 Å². The number of aromatic nitrogens is 1. The van der Waals surface area contributed by atoms with Gasteiger partial charge in [0.2, 0.25) is 0 Å². The smallest absolute Gasteiger partial charge is 0.339 e. The van der Waals surface area contributed by atoms with E-state index in [0.29, 0.717) is 16.6 Å². The molecular weight excluding hydrogens is 360 g/mol. The van der Waals surface area contributed by atoms with Crippen molar-refractivity contribution in [1.29, 1.82) is 0 Å². The molecule has 3 rings (SSSR count). The summed E-state index contributed by atoms with van der Waals surface area (Å²) in [5.41, 5.74) is 1.66. The number of phenols is 1. The summed E-state index contributed by atoms with van der Waals surface area (Å²) < 4.78 is 0. The minimum atomic E-state index is -1.22. The van der Waals surface area contributed by atoms with Crippen LogP contribution in [0.1, 0.15) is 26.3 Å². The second-order valence-corrected chi connectivity index (χ2v) is 5.53. The van der Waals surface area contributed by atoms with E-state index in [2.05, 4.69) is 10.3 Å². The molecule has 3 aromatic rings. The third-order valence-electron chi connectivity index (χ3n) is 3.76. The summed E-state index contributed by atoms with van der Waals surface area (Å²) in [6.07, 6.45) is 1.19. The highest BCUT2D eigenvalue weighted by atomic mass is 35.5. The highest BCUT2D eigenvalue weighted by Crippen LogP contribution is 2.33. The van der Waals surface area contributed by atoms with Gasteiger partial charge in [0, 0.05) is 11.6 Å². The fourth-order valence-corrected chi connectivity index (χ4v) is 2.51. The maximum atomic E-state index is 11.6. The van der Waals surface area contributed by atoms with E-state index in [4.69, 9.17) is 0 Å². The van der Waals surface area contributed by atoms with E-state index in [1.807, 2.05) is 6.92 Å². The molecule has 26 heavy (non-hydrogen) atoms. The van der Waals surface area contributed by atoms with Gasteiger partial charge in [0.05, 0.1) is 22.5 Å². The predicted octanol–water partition coefficient (Wildman–Crippen LogP) is 3.81. The minimum Gasteiger partial charge on any atom is -0.506 e. The maximum Gasteiger partial charge on any atom is 0.339 e. The molecule has 0 bridgehead atoms. The van der Waals surface area contributed by atoms with E-state index in [9.17, 15) is 24.9 Å². The standard InChI is InChI=1S/C18H14N2O5.ClH/c1-9-2-5-15(21)14(6-9)20-16-11-7-10(17(22)23)3-4-13(11)19-8-12(16)18(24)25;/h2-8,21H,1H3,(H,19,20)(H,22,23)(H,24,25);1H. The van der Waals surface area contributed by atoms with Gasteiger partial charge in [0.25, 0.3) is 0 Å². The molecule has 0 aliphatic heterocycles. The third kappa shape index (κ3) is 3.52. The number of rotatable bonds is 4. The van der Waals surface area contributed by atoms with Gasteiger partial charge >= 0.3 is 11.9 Å². The number of aromatic hydroxyl groups is 1. The van der Waals surface area contributed by atoms with E-state index in [1.165, 1.54) is 30.5 Å². The Balaban J connectivity index is 0.00000243. The molecule has 0 saturated heterocycles. The molecule has 0 atom stereocenters. The number of fused-ring (bicyclic) bond motifs is 1. The Labute approximate surface area is 154 Å². The van der Waals surface area contributed by atoms with E-state index in [1.54, 1.807) is 12.1 Å². The summed E-state index contributed by atoms with van der Waals surface area (Å²) in [6, 6.07) is 9.12. The molecule has 134 valence electrons. The lowest BCUT2D eigenvalue weighted by Crippen LogP contribution is -2.06. The molecule has 0 unspecified atom stereocenters. The highest BCUT2D eigenvalue weighted by Gasteiger charge is 2.17. The third-order valence-corrected chi connectivity index (χ3v) is 3.76. The SMILES string of the molecule is Cc1ccc(O)c(Nc2c(C(=O)O)cnc3ccc(C(=O)O)cc23)c1.Cl. The summed E-state index contributed by atoms with van der Waals surface area (Å²) >= 11 is 0. The quantitative estimate of drug-likeness (QED) is 0.512. The van der Waals surface area contributed by atoms with Gasteiger partial charge in [-0.05, 0) is 42.8 Å². The van der Waals surface area contributed by atoms with Crippen LogP contribution in [0.5, 0.6) is 5.75 Å². The monoisotopic (exact) mass is 374 g/mol. The van der Waals surface area contributed by atoms with Crippen LogP contribution in [0.25, 0.3) is 10.9 Å². The lowest BCUT2D eigenvalue weighted by Gasteiger charge is -2.14. The van der Waals surface area contributed by atoms with Crippen LogP contribution >= 0.6 is 12.4 Å². The average molecular weight is 375 g/mol. The van der Waals surface area contributed by atoms with E-state index >= 15 is 0 Å². The first-order valence-electron chi connectivity index (χ1n) is 7.33. The fourth-order valence-electron chi connectivity index (χ4n) is 2.51. The number of hydrogen-bond donors (Lipinski definition) is 4. The summed E-state index contributed by atoms with van der Waals surface area (Å²) in [6.45, 7) is 1.83. The van der Waals surface area contributed by atoms with Crippen molar-refractivity contribution in [2.75, 3.05) is 5.32 Å². The largest absolute Gasteiger partial charge is 0.506 e. The van der Waals surface area contributed by atoms with Gasteiger partial charge in [-0.3, -0.25) is 4.98 Å². The first-order valence-corrected chi connectivity index (χ1v) is 7.33. The van der Waals surface area contributed by atoms with Gasteiger partial charge in [0.1, 0.15) is 11.3 Å². The number of carbonyl (C=O) groups is 2. The number of pyridine rings is 1. The molecular formula is C18H15ClN2O5. The first kappa shape index (κ1) is 19.0.